The van der Waals surface area contributed by atoms with Gasteiger partial charge in [-0.25, -0.2) is 13.1 Å². The zero-order valence-corrected chi connectivity index (χ0v) is 23.5. The molecule has 1 amide bonds. The van der Waals surface area contributed by atoms with E-state index in [2.05, 4.69) is 36.9 Å². The van der Waals surface area contributed by atoms with Gasteiger partial charge < -0.3 is 14.7 Å². The van der Waals surface area contributed by atoms with Gasteiger partial charge in [0, 0.05) is 32.7 Å². The number of carbonyl (C=O) groups is 1. The smallest absolute Gasteiger partial charge is 0.285 e. The first kappa shape index (κ1) is 28.3. The molecular formula is C28H35N5O5S. The number of amides is 1. The topological polar surface area (TPSA) is 125 Å². The molecule has 1 aliphatic rings. The third-order valence-corrected chi connectivity index (χ3v) is 8.54. The number of nitrogens with zero attached hydrogens (tertiary/aromatic N) is 4. The van der Waals surface area contributed by atoms with Gasteiger partial charge in [-0.1, -0.05) is 12.1 Å². The number of piperazine rings is 1. The Kier molecular flexibility index (Phi) is 8.41. The summed E-state index contributed by atoms with van der Waals surface area (Å²) in [4.78, 5) is 16.8. The Hall–Kier alpha value is -3.70. The second kappa shape index (κ2) is 11.6. The van der Waals surface area contributed by atoms with Gasteiger partial charge >= 0.3 is 0 Å². The maximum Gasteiger partial charge on any atom is 0.285 e. The number of benzene rings is 2. The fraction of sp³-hybridized carbons (Fsp3) is 0.393. The monoisotopic (exact) mass is 553 g/mol. The molecule has 0 unspecified atom stereocenters. The molecule has 10 nitrogen and oxygen atoms in total. The van der Waals surface area contributed by atoms with Gasteiger partial charge in [-0.2, -0.15) is 0 Å². The molecule has 0 spiro atoms. The van der Waals surface area contributed by atoms with E-state index in [-0.39, 0.29) is 11.4 Å². The normalized spacial score (nSPS) is 14.7. The molecule has 4 rings (SSSR count). The Morgan fingerprint density at radius 1 is 1.00 bits per heavy atom. The van der Waals surface area contributed by atoms with Crippen LogP contribution < -0.4 is 14.4 Å². The van der Waals surface area contributed by atoms with Crippen molar-refractivity contribution in [2.45, 2.75) is 39.0 Å². The Labute approximate surface area is 229 Å². The van der Waals surface area contributed by atoms with Crippen molar-refractivity contribution < 1.29 is 23.1 Å². The van der Waals surface area contributed by atoms with Crippen LogP contribution >= 0.6 is 0 Å². The lowest BCUT2D eigenvalue weighted by Gasteiger charge is -2.35. The maximum atomic E-state index is 12.4. The van der Waals surface area contributed by atoms with Crippen LogP contribution in [-0.2, 0) is 16.6 Å². The van der Waals surface area contributed by atoms with Gasteiger partial charge in [-0.05, 0) is 86.8 Å². The van der Waals surface area contributed by atoms with Crippen LogP contribution in [0.2, 0.25) is 0 Å². The molecular weight excluding hydrogens is 518 g/mol. The Morgan fingerprint density at radius 3 is 2.36 bits per heavy atom. The van der Waals surface area contributed by atoms with Crippen LogP contribution in [0.1, 0.15) is 43.7 Å². The molecule has 1 saturated heterocycles. The van der Waals surface area contributed by atoms with Crippen LogP contribution in [0.25, 0.3) is 11.1 Å². The number of nitrogens with one attached hydrogen (secondary N) is 1. The van der Waals surface area contributed by atoms with Gasteiger partial charge in [-0.3, -0.25) is 9.69 Å². The van der Waals surface area contributed by atoms with Crippen molar-refractivity contribution in [3.05, 3.63) is 65.9 Å². The first-order chi connectivity index (χ1) is 18.4. The van der Waals surface area contributed by atoms with E-state index in [0.717, 1.165) is 55.2 Å². The molecule has 39 heavy (non-hydrogen) atoms. The number of anilines is 1. The summed E-state index contributed by atoms with van der Waals surface area (Å²) in [7, 11) is -3.84. The zero-order valence-electron chi connectivity index (χ0n) is 22.7. The minimum Gasteiger partial charge on any atom is -0.508 e. The summed E-state index contributed by atoms with van der Waals surface area (Å²) in [6, 6.07) is 16.5. The number of carbonyl (C=O) groups excluding carboxylic acids is 1. The average Bonchev–Trinajstić information content (AvgIpc) is 2.88. The number of phenolic OH excluding ortho intramolecular Hbond substituents is 1. The average molecular weight is 554 g/mol. The highest BCUT2D eigenvalue weighted by molar-refractivity contribution is 7.91. The Balaban J connectivity index is 1.38. The number of phenols is 1. The van der Waals surface area contributed by atoms with Gasteiger partial charge in [0.05, 0.1) is 11.4 Å². The predicted molar refractivity (Wildman–Crippen MR) is 150 cm³/mol. The van der Waals surface area contributed by atoms with E-state index in [0.29, 0.717) is 12.4 Å². The lowest BCUT2D eigenvalue weighted by atomic mass is 10.0. The number of hydrogen-bond donors (Lipinski definition) is 2. The number of ether oxygens (including phenoxy) is 1. The van der Waals surface area contributed by atoms with Crippen molar-refractivity contribution in [3.8, 4) is 22.6 Å². The first-order valence-corrected chi connectivity index (χ1v) is 14.4. The fourth-order valence-electron chi connectivity index (χ4n) is 4.19. The molecule has 208 valence electrons. The summed E-state index contributed by atoms with van der Waals surface area (Å²) < 4.78 is 31.3. The Morgan fingerprint density at radius 2 is 1.74 bits per heavy atom. The van der Waals surface area contributed by atoms with E-state index in [1.54, 1.807) is 18.2 Å². The number of rotatable bonds is 8. The van der Waals surface area contributed by atoms with E-state index in [4.69, 9.17) is 4.74 Å². The summed E-state index contributed by atoms with van der Waals surface area (Å²) in [6.07, 6.45) is 0. The highest BCUT2D eigenvalue weighted by Gasteiger charge is 2.31. The second-order valence-corrected chi connectivity index (χ2v) is 12.9. The van der Waals surface area contributed by atoms with Crippen molar-refractivity contribution in [3.63, 3.8) is 0 Å². The Bertz CT molecular complexity index is 1410. The molecule has 2 heterocycles. The van der Waals surface area contributed by atoms with E-state index < -0.39 is 20.7 Å². The second-order valence-electron chi connectivity index (χ2n) is 10.4. The van der Waals surface area contributed by atoms with Gasteiger partial charge in [0.15, 0.2) is 11.5 Å². The molecule has 0 bridgehead atoms. The van der Waals surface area contributed by atoms with E-state index in [1.807, 2.05) is 25.1 Å². The predicted octanol–water partition coefficient (Wildman–Crippen LogP) is 3.43. The van der Waals surface area contributed by atoms with Gasteiger partial charge in [0.25, 0.3) is 5.91 Å². The van der Waals surface area contributed by atoms with E-state index >= 15 is 0 Å². The standard InChI is InChI=1S/C28H35N5O5S/c1-5-38-24-16-20(15-22(18-24)21-7-6-8-23(34)17-21)19-32-11-13-33(14-12-32)26-10-9-25(29-30-26)27(35)31-39(36,37)28(2,3)4/h6-10,15-18,34H,5,11-14,19H2,1-4H3,(H,31,35). The summed E-state index contributed by atoms with van der Waals surface area (Å²) in [5.41, 5.74) is 2.98. The minimum atomic E-state index is -3.84. The molecule has 1 aliphatic heterocycles. The van der Waals surface area contributed by atoms with Crippen LogP contribution in [0.4, 0.5) is 5.82 Å². The fourth-order valence-corrected chi connectivity index (χ4v) is 4.84. The van der Waals surface area contributed by atoms with Crippen LogP contribution in [-0.4, -0.2) is 72.1 Å². The van der Waals surface area contributed by atoms with Crippen molar-refractivity contribution >= 4 is 21.7 Å². The maximum absolute atomic E-state index is 12.4. The third-order valence-electron chi connectivity index (χ3n) is 6.48. The quantitative estimate of drug-likeness (QED) is 0.432. The largest absolute Gasteiger partial charge is 0.508 e. The van der Waals surface area contributed by atoms with Crippen LogP contribution in [0.3, 0.4) is 0 Å². The van der Waals surface area contributed by atoms with Crippen LogP contribution in [0, 0.1) is 0 Å². The highest BCUT2D eigenvalue weighted by atomic mass is 32.2. The summed E-state index contributed by atoms with van der Waals surface area (Å²) in [5, 5.41) is 18.1. The lowest BCUT2D eigenvalue weighted by Crippen LogP contribution is -2.46. The molecule has 0 atom stereocenters. The van der Waals surface area contributed by atoms with Crippen molar-refractivity contribution in [2.75, 3.05) is 37.7 Å². The van der Waals surface area contributed by atoms with Gasteiger partial charge in [0.1, 0.15) is 11.5 Å². The SMILES string of the molecule is CCOc1cc(CN2CCN(c3ccc(C(=O)NS(=O)(=O)C(C)(C)C)nn3)CC2)cc(-c2cccc(O)c2)c1. The van der Waals surface area contributed by atoms with E-state index in [9.17, 15) is 18.3 Å². The summed E-state index contributed by atoms with van der Waals surface area (Å²) >= 11 is 0. The van der Waals surface area contributed by atoms with Crippen LogP contribution in [0.15, 0.2) is 54.6 Å². The molecule has 1 aromatic heterocycles. The van der Waals surface area contributed by atoms with Crippen molar-refractivity contribution in [1.29, 1.82) is 0 Å². The molecule has 0 radical (unpaired) electrons. The lowest BCUT2D eigenvalue weighted by molar-refractivity contribution is 0.0974. The van der Waals surface area contributed by atoms with Crippen molar-refractivity contribution in [1.82, 2.24) is 19.8 Å². The summed E-state index contributed by atoms with van der Waals surface area (Å²) in [5.74, 6) is 0.850. The summed E-state index contributed by atoms with van der Waals surface area (Å²) in [6.45, 7) is 10.9. The third kappa shape index (κ3) is 7.04. The molecule has 0 saturated carbocycles. The number of hydrogen-bond acceptors (Lipinski definition) is 9. The molecule has 2 aromatic carbocycles. The molecule has 1 fully saturated rings. The molecule has 2 N–H and O–H groups in total. The van der Waals surface area contributed by atoms with Crippen LogP contribution in [0.5, 0.6) is 11.5 Å². The van der Waals surface area contributed by atoms with E-state index in [1.165, 1.54) is 26.8 Å². The van der Waals surface area contributed by atoms with Gasteiger partial charge in [0.2, 0.25) is 10.0 Å². The minimum absolute atomic E-state index is 0.0538. The molecule has 11 heteroatoms. The van der Waals surface area contributed by atoms with Crippen molar-refractivity contribution in [2.24, 2.45) is 0 Å². The highest BCUT2D eigenvalue weighted by Crippen LogP contribution is 2.29. The molecule has 0 aliphatic carbocycles. The number of aromatic nitrogens is 2. The number of sulfonamides is 1. The number of aromatic hydroxyl groups is 1. The molecule has 3 aromatic rings. The zero-order chi connectivity index (χ0) is 28.2. The first-order valence-electron chi connectivity index (χ1n) is 12.9. The van der Waals surface area contributed by atoms with Gasteiger partial charge in [-0.15, -0.1) is 10.2 Å².